The molecular formula is C74H102O28. The maximum atomic E-state index is 13.4. The summed E-state index contributed by atoms with van der Waals surface area (Å²) in [6.07, 6.45) is 0. The van der Waals surface area contributed by atoms with Crippen LogP contribution in [0.25, 0.3) is 0 Å². The van der Waals surface area contributed by atoms with E-state index < -0.39 is 11.9 Å². The van der Waals surface area contributed by atoms with Crippen LogP contribution in [0.15, 0.2) is 109 Å². The minimum absolute atomic E-state index is 0.115. The number of carbonyl (C=O) groups excluding carboxylic acids is 2. The Hall–Kier alpha value is -7.20. The quantitative estimate of drug-likeness (QED) is 0.153. The number of esters is 2. The molecule has 5 aromatic carbocycles. The molecule has 0 unspecified atom stereocenters. The summed E-state index contributed by atoms with van der Waals surface area (Å²) in [5.41, 5.74) is 1.64. The fourth-order valence-electron chi connectivity index (χ4n) is 9.07. The van der Waals surface area contributed by atoms with Crippen molar-refractivity contribution in [3.05, 3.63) is 131 Å². The van der Waals surface area contributed by atoms with E-state index in [-0.39, 0.29) is 77.2 Å². The van der Waals surface area contributed by atoms with Crippen LogP contribution in [0, 0.1) is 0 Å². The highest BCUT2D eigenvalue weighted by Gasteiger charge is 2.15. The Bertz CT molecular complexity index is 2610. The summed E-state index contributed by atoms with van der Waals surface area (Å²) < 4.78 is 150. The molecule has 2 heterocycles. The molecular weight excluding hydrogens is 1340 g/mol. The SMILES string of the molecule is O=C(OCc1cc2cc(c1)OCCOCCOCCOCCOCCOc1cccc(c1)OCCOCCOCCOCCOCCO2)c1ccc(C(=O)OCc2cc3cc(c2)OCCOCCOCCOCCOCCOc2cccc(c2)OCCOCCOCCOCCOCCO3)cc1. The average Bonchev–Trinajstić information content (AvgIpc) is 0.864. The average molecular weight is 1440 g/mol. The lowest BCUT2D eigenvalue weighted by Gasteiger charge is -2.14. The zero-order valence-corrected chi connectivity index (χ0v) is 58.5. The summed E-state index contributed by atoms with van der Waals surface area (Å²) in [5.74, 6) is 3.40. The topological polar surface area (TPSA) is 274 Å². The van der Waals surface area contributed by atoms with Crippen molar-refractivity contribution in [3.8, 4) is 46.0 Å². The second-order valence-electron chi connectivity index (χ2n) is 21.9. The van der Waals surface area contributed by atoms with Crippen molar-refractivity contribution in [2.75, 3.05) is 264 Å². The highest BCUT2D eigenvalue weighted by Crippen LogP contribution is 2.27. The predicted octanol–water partition coefficient (Wildman–Crippen LogP) is 7.12. The standard InChI is InChI=1S/C74H102O28/c75-73(101-59-61-51-69-57-70(52-61)98-48-40-90-32-24-82-16-12-78-20-28-86-36-44-94-66-4-1-3-65(55-66)93-43-35-85-27-19-77-11-15-81-23-31-89-39-47-97-69)63-7-9-64(10-8-63)74(76)102-60-62-53-71-58-72(54-62)100-50-42-92-34-26-84-18-14-80-22-30-88-38-46-96-68-6-2-5-67(56-68)95-45-37-87-29-21-79-13-17-83-25-33-91-41-49-99-71/h1-10,51-58H,11-50,59-60H2. The van der Waals surface area contributed by atoms with Gasteiger partial charge in [-0.15, -0.1) is 0 Å². The number of carbonyl (C=O) groups is 2. The molecule has 0 amide bonds. The summed E-state index contributed by atoms with van der Waals surface area (Å²) in [7, 11) is 0. The van der Waals surface area contributed by atoms with Gasteiger partial charge in [0.15, 0.2) is 0 Å². The fourth-order valence-corrected chi connectivity index (χ4v) is 9.07. The molecule has 0 atom stereocenters. The van der Waals surface area contributed by atoms with Crippen LogP contribution < -0.4 is 37.9 Å². The molecule has 0 fully saturated rings. The lowest BCUT2D eigenvalue weighted by Crippen LogP contribution is -2.15. The van der Waals surface area contributed by atoms with Crippen molar-refractivity contribution in [2.24, 2.45) is 0 Å². The van der Waals surface area contributed by atoms with Gasteiger partial charge in [0.05, 0.1) is 223 Å². The molecule has 7 rings (SSSR count). The number of hydrogen-bond acceptors (Lipinski definition) is 28. The molecule has 0 saturated carbocycles. The normalized spacial score (nSPS) is 18.7. The summed E-state index contributed by atoms with van der Waals surface area (Å²) in [5, 5.41) is 0. The van der Waals surface area contributed by atoms with Crippen LogP contribution in [0.5, 0.6) is 46.0 Å². The minimum Gasteiger partial charge on any atom is -0.491 e. The lowest BCUT2D eigenvalue weighted by molar-refractivity contribution is -0.00736. The molecule has 0 aromatic heterocycles. The monoisotopic (exact) mass is 1440 g/mol. The third kappa shape index (κ3) is 39.4. The van der Waals surface area contributed by atoms with Crippen LogP contribution in [-0.2, 0) is 98.5 Å². The van der Waals surface area contributed by atoms with E-state index in [1.807, 2.05) is 48.5 Å². The van der Waals surface area contributed by atoms with Gasteiger partial charge in [-0.1, -0.05) is 12.1 Å². The number of fused-ring (bicyclic) bond motifs is 8. The maximum absolute atomic E-state index is 13.4. The molecule has 8 bridgehead atoms. The number of benzene rings is 5. The van der Waals surface area contributed by atoms with Crippen molar-refractivity contribution in [1.82, 2.24) is 0 Å². The van der Waals surface area contributed by atoms with Gasteiger partial charge in [0, 0.05) is 24.3 Å². The summed E-state index contributed by atoms with van der Waals surface area (Å²) in [4.78, 5) is 26.9. The van der Waals surface area contributed by atoms with Gasteiger partial charge in [0.2, 0.25) is 0 Å². The van der Waals surface area contributed by atoms with E-state index in [9.17, 15) is 9.59 Å². The Labute approximate surface area is 597 Å². The van der Waals surface area contributed by atoms with E-state index >= 15 is 0 Å². The van der Waals surface area contributed by atoms with Crippen LogP contribution in [0.4, 0.5) is 0 Å². The van der Waals surface area contributed by atoms with Crippen LogP contribution in [0.1, 0.15) is 31.8 Å². The Kier molecular flexibility index (Phi) is 44.6. The van der Waals surface area contributed by atoms with Gasteiger partial charge < -0.3 is 123 Å². The molecule has 2 aliphatic rings. The Morgan fingerprint density at radius 3 is 0.549 bits per heavy atom. The van der Waals surface area contributed by atoms with Gasteiger partial charge in [-0.05, 0) is 83.9 Å². The molecule has 102 heavy (non-hydrogen) atoms. The smallest absolute Gasteiger partial charge is 0.338 e. The first kappa shape index (κ1) is 82.1. The van der Waals surface area contributed by atoms with Crippen molar-refractivity contribution in [3.63, 3.8) is 0 Å². The van der Waals surface area contributed by atoms with E-state index in [2.05, 4.69) is 0 Å². The van der Waals surface area contributed by atoms with Gasteiger partial charge in [-0.2, -0.15) is 0 Å². The molecule has 0 aliphatic carbocycles. The second kappa shape index (κ2) is 55.4. The minimum atomic E-state index is -0.619. The molecule has 566 valence electrons. The highest BCUT2D eigenvalue weighted by atomic mass is 16.6. The summed E-state index contributed by atoms with van der Waals surface area (Å²) in [6.45, 7) is 14.5. The van der Waals surface area contributed by atoms with E-state index in [4.69, 9.17) is 123 Å². The Morgan fingerprint density at radius 1 is 0.206 bits per heavy atom. The molecule has 0 N–H and O–H groups in total. The third-order valence-corrected chi connectivity index (χ3v) is 14.0. The van der Waals surface area contributed by atoms with Crippen LogP contribution in [-0.4, -0.2) is 276 Å². The zero-order chi connectivity index (χ0) is 70.9. The van der Waals surface area contributed by atoms with Crippen molar-refractivity contribution >= 4 is 11.9 Å². The third-order valence-electron chi connectivity index (χ3n) is 14.0. The number of rotatable bonds is 6. The van der Waals surface area contributed by atoms with Crippen molar-refractivity contribution in [2.45, 2.75) is 13.2 Å². The van der Waals surface area contributed by atoms with E-state index in [0.29, 0.717) is 269 Å². The first-order chi connectivity index (χ1) is 50.5. The summed E-state index contributed by atoms with van der Waals surface area (Å²) >= 11 is 0. The van der Waals surface area contributed by atoms with Gasteiger partial charge in [0.25, 0.3) is 0 Å². The van der Waals surface area contributed by atoms with Gasteiger partial charge >= 0.3 is 11.9 Å². The maximum Gasteiger partial charge on any atom is 0.338 e. The molecule has 28 nitrogen and oxygen atoms in total. The van der Waals surface area contributed by atoms with Crippen molar-refractivity contribution in [1.29, 1.82) is 0 Å². The van der Waals surface area contributed by atoms with Gasteiger partial charge in [-0.3, -0.25) is 0 Å². The largest absolute Gasteiger partial charge is 0.491 e. The second-order valence-corrected chi connectivity index (χ2v) is 21.9. The molecule has 28 heteroatoms. The lowest BCUT2D eigenvalue weighted by atomic mass is 10.1. The fraction of sp³-hybridized carbons (Fsp3) is 0.568. The molecule has 0 spiro atoms. The highest BCUT2D eigenvalue weighted by molar-refractivity contribution is 5.93. The molecule has 2 aliphatic heterocycles. The van der Waals surface area contributed by atoms with Crippen LogP contribution in [0.2, 0.25) is 0 Å². The molecule has 5 aromatic rings. The van der Waals surface area contributed by atoms with Crippen LogP contribution >= 0.6 is 0 Å². The first-order valence-electron chi connectivity index (χ1n) is 34.7. The van der Waals surface area contributed by atoms with Gasteiger partial charge in [0.1, 0.15) is 112 Å². The predicted molar refractivity (Wildman–Crippen MR) is 368 cm³/mol. The summed E-state index contributed by atoms with van der Waals surface area (Å²) in [6, 6.07) is 31.3. The Balaban J connectivity index is 0.828. The number of ether oxygens (including phenoxy) is 26. The van der Waals surface area contributed by atoms with E-state index in [1.165, 1.54) is 24.3 Å². The van der Waals surface area contributed by atoms with E-state index in [1.54, 1.807) is 36.4 Å². The van der Waals surface area contributed by atoms with Crippen LogP contribution in [0.3, 0.4) is 0 Å². The van der Waals surface area contributed by atoms with Gasteiger partial charge in [-0.25, -0.2) is 9.59 Å². The molecule has 0 radical (unpaired) electrons. The van der Waals surface area contributed by atoms with Crippen molar-refractivity contribution < 1.29 is 133 Å². The Morgan fingerprint density at radius 2 is 0.363 bits per heavy atom. The first-order valence-corrected chi connectivity index (χ1v) is 34.7. The zero-order valence-electron chi connectivity index (χ0n) is 58.5. The van der Waals surface area contributed by atoms with E-state index in [0.717, 1.165) is 0 Å². The number of hydrogen-bond donors (Lipinski definition) is 0. The molecule has 0 saturated heterocycles.